The van der Waals surface area contributed by atoms with E-state index in [2.05, 4.69) is 20.3 Å². The van der Waals surface area contributed by atoms with Crippen LogP contribution in [0.25, 0.3) is 10.9 Å². The molecule has 0 unspecified atom stereocenters. The van der Waals surface area contributed by atoms with Gasteiger partial charge in [0.2, 0.25) is 0 Å². The van der Waals surface area contributed by atoms with Crippen molar-refractivity contribution < 1.29 is 0 Å². The van der Waals surface area contributed by atoms with E-state index in [1.54, 1.807) is 12.5 Å². The van der Waals surface area contributed by atoms with Crippen molar-refractivity contribution in [1.82, 2.24) is 15.0 Å². The van der Waals surface area contributed by atoms with Crippen LogP contribution in [0.4, 0.5) is 11.4 Å². The molecule has 0 spiro atoms. The van der Waals surface area contributed by atoms with Crippen molar-refractivity contribution in [3.05, 3.63) is 48.7 Å². The maximum absolute atomic E-state index is 5.95. The fraction of sp³-hybridized carbons (Fsp3) is 0.143. The molecule has 0 bridgehead atoms. The van der Waals surface area contributed by atoms with Crippen LogP contribution in [0.1, 0.15) is 5.69 Å². The van der Waals surface area contributed by atoms with Gasteiger partial charge >= 0.3 is 0 Å². The highest BCUT2D eigenvalue weighted by Crippen LogP contribution is 2.26. The van der Waals surface area contributed by atoms with Gasteiger partial charge in [-0.2, -0.15) is 0 Å². The molecule has 0 aliphatic heterocycles. The van der Waals surface area contributed by atoms with Crippen LogP contribution >= 0.6 is 0 Å². The third-order valence-electron chi connectivity index (χ3n) is 3.07. The van der Waals surface area contributed by atoms with E-state index < -0.39 is 0 Å². The zero-order valence-electron chi connectivity index (χ0n) is 10.4. The van der Waals surface area contributed by atoms with Gasteiger partial charge in [0.05, 0.1) is 17.5 Å². The molecule has 5 nitrogen and oxygen atoms in total. The number of hydrogen-bond donors (Lipinski definition) is 3. The third-order valence-corrected chi connectivity index (χ3v) is 3.07. The van der Waals surface area contributed by atoms with Crippen molar-refractivity contribution in [1.29, 1.82) is 0 Å². The minimum Gasteiger partial charge on any atom is -0.398 e. The largest absolute Gasteiger partial charge is 0.398 e. The van der Waals surface area contributed by atoms with E-state index in [0.717, 1.165) is 40.9 Å². The smallest absolute Gasteiger partial charge is 0.0953 e. The quantitative estimate of drug-likeness (QED) is 0.623. The second-order valence-corrected chi connectivity index (χ2v) is 4.36. The van der Waals surface area contributed by atoms with Gasteiger partial charge in [0.25, 0.3) is 0 Å². The summed E-state index contributed by atoms with van der Waals surface area (Å²) in [6.07, 6.45) is 6.19. The van der Waals surface area contributed by atoms with E-state index in [4.69, 9.17) is 5.73 Å². The second kappa shape index (κ2) is 4.97. The first-order valence-corrected chi connectivity index (χ1v) is 6.19. The van der Waals surface area contributed by atoms with Crippen LogP contribution in [0, 0.1) is 0 Å². The summed E-state index contributed by atoms with van der Waals surface area (Å²) in [7, 11) is 0. The molecule has 0 radical (unpaired) electrons. The van der Waals surface area contributed by atoms with Gasteiger partial charge in [-0.15, -0.1) is 0 Å². The van der Waals surface area contributed by atoms with E-state index in [1.165, 1.54) is 0 Å². The summed E-state index contributed by atoms with van der Waals surface area (Å²) in [5.74, 6) is 0. The van der Waals surface area contributed by atoms with Crippen molar-refractivity contribution in [3.8, 4) is 0 Å². The third kappa shape index (κ3) is 2.35. The molecule has 0 atom stereocenters. The Morgan fingerprint density at radius 1 is 1.26 bits per heavy atom. The SMILES string of the molecule is Nc1ccc(NCCc2cnc[nH]2)c2ncccc12. The van der Waals surface area contributed by atoms with Gasteiger partial charge < -0.3 is 16.0 Å². The number of pyridine rings is 1. The highest BCUT2D eigenvalue weighted by Gasteiger charge is 2.04. The molecule has 0 saturated carbocycles. The molecule has 96 valence electrons. The molecule has 1 aromatic carbocycles. The van der Waals surface area contributed by atoms with Crippen LogP contribution in [0.5, 0.6) is 0 Å². The van der Waals surface area contributed by atoms with Crippen molar-refractivity contribution in [2.24, 2.45) is 0 Å². The topological polar surface area (TPSA) is 79.6 Å². The Bertz CT molecular complexity index is 675. The molecule has 2 heterocycles. The summed E-state index contributed by atoms with van der Waals surface area (Å²) in [6.45, 7) is 0.817. The number of nitrogens with zero attached hydrogens (tertiary/aromatic N) is 2. The number of imidazole rings is 1. The predicted molar refractivity (Wildman–Crippen MR) is 76.9 cm³/mol. The molecule has 2 aromatic heterocycles. The summed E-state index contributed by atoms with van der Waals surface area (Å²) in [6, 6.07) is 7.75. The van der Waals surface area contributed by atoms with Crippen LogP contribution in [0.15, 0.2) is 43.0 Å². The Balaban J connectivity index is 1.79. The Kier molecular flexibility index (Phi) is 3.02. The van der Waals surface area contributed by atoms with Crippen LogP contribution in [-0.2, 0) is 6.42 Å². The van der Waals surface area contributed by atoms with Crippen LogP contribution in [0.2, 0.25) is 0 Å². The van der Waals surface area contributed by atoms with Crippen LogP contribution in [0.3, 0.4) is 0 Å². The van der Waals surface area contributed by atoms with Gasteiger partial charge in [-0.05, 0) is 24.3 Å². The number of H-pyrrole nitrogens is 1. The molecule has 19 heavy (non-hydrogen) atoms. The number of nitrogen functional groups attached to an aromatic ring is 1. The average Bonchev–Trinajstić information content (AvgIpc) is 2.95. The minimum absolute atomic E-state index is 0.752. The first kappa shape index (κ1) is 11.5. The average molecular weight is 253 g/mol. The summed E-state index contributed by atoms with van der Waals surface area (Å²) in [5.41, 5.74) is 9.73. The predicted octanol–water partition coefficient (Wildman–Crippen LogP) is 2.19. The molecular formula is C14H15N5. The Morgan fingerprint density at radius 2 is 2.21 bits per heavy atom. The molecule has 4 N–H and O–H groups in total. The van der Waals surface area contributed by atoms with E-state index in [1.807, 2.05) is 30.5 Å². The lowest BCUT2D eigenvalue weighted by Crippen LogP contribution is -2.06. The lowest BCUT2D eigenvalue weighted by atomic mass is 10.1. The maximum Gasteiger partial charge on any atom is 0.0953 e. The number of aromatic amines is 1. The monoisotopic (exact) mass is 253 g/mol. The summed E-state index contributed by atoms with van der Waals surface area (Å²) in [4.78, 5) is 11.5. The highest BCUT2D eigenvalue weighted by atomic mass is 14.9. The van der Waals surface area contributed by atoms with E-state index >= 15 is 0 Å². The second-order valence-electron chi connectivity index (χ2n) is 4.36. The number of benzene rings is 1. The molecule has 0 amide bonds. The normalized spacial score (nSPS) is 10.7. The van der Waals surface area contributed by atoms with Gasteiger partial charge in [0, 0.05) is 42.1 Å². The number of rotatable bonds is 4. The zero-order chi connectivity index (χ0) is 13.1. The summed E-state index contributed by atoms with van der Waals surface area (Å²) >= 11 is 0. The fourth-order valence-electron chi connectivity index (χ4n) is 2.09. The first-order valence-electron chi connectivity index (χ1n) is 6.19. The summed E-state index contributed by atoms with van der Waals surface area (Å²) < 4.78 is 0. The number of nitrogens with one attached hydrogen (secondary N) is 2. The minimum atomic E-state index is 0.752. The summed E-state index contributed by atoms with van der Waals surface area (Å²) in [5, 5.41) is 4.37. The standard InChI is InChI=1S/C14H15N5/c15-12-3-4-13(14-11(12)2-1-6-18-14)17-7-5-10-8-16-9-19-10/h1-4,6,8-9,17H,5,7,15H2,(H,16,19). The van der Waals surface area contributed by atoms with Gasteiger partial charge in [-0.25, -0.2) is 4.98 Å². The molecule has 0 aliphatic carbocycles. The Morgan fingerprint density at radius 3 is 3.05 bits per heavy atom. The zero-order valence-corrected chi connectivity index (χ0v) is 10.4. The van der Waals surface area contributed by atoms with Crippen molar-refractivity contribution >= 4 is 22.3 Å². The Labute approximate surface area is 110 Å². The number of nitrogens with two attached hydrogens (primary N) is 1. The van der Waals surface area contributed by atoms with Crippen molar-refractivity contribution in [2.45, 2.75) is 6.42 Å². The van der Waals surface area contributed by atoms with Crippen molar-refractivity contribution in [2.75, 3.05) is 17.6 Å². The molecule has 0 fully saturated rings. The molecule has 5 heteroatoms. The van der Waals surface area contributed by atoms with Gasteiger partial charge in [0.1, 0.15) is 0 Å². The van der Waals surface area contributed by atoms with Gasteiger partial charge in [0.15, 0.2) is 0 Å². The lowest BCUT2D eigenvalue weighted by Gasteiger charge is -2.10. The Hall–Kier alpha value is -2.56. The molecular weight excluding hydrogens is 238 g/mol. The molecule has 0 aliphatic rings. The van der Waals surface area contributed by atoms with E-state index in [9.17, 15) is 0 Å². The van der Waals surface area contributed by atoms with E-state index in [0.29, 0.717) is 0 Å². The number of anilines is 2. The maximum atomic E-state index is 5.95. The molecule has 3 rings (SSSR count). The van der Waals surface area contributed by atoms with Crippen molar-refractivity contribution in [3.63, 3.8) is 0 Å². The molecule has 0 saturated heterocycles. The molecule has 3 aromatic rings. The van der Waals surface area contributed by atoms with E-state index in [-0.39, 0.29) is 0 Å². The van der Waals surface area contributed by atoms with Crippen LogP contribution < -0.4 is 11.1 Å². The number of fused-ring (bicyclic) bond motifs is 1. The number of aromatic nitrogens is 3. The van der Waals surface area contributed by atoms with Crippen LogP contribution in [-0.4, -0.2) is 21.5 Å². The first-order chi connectivity index (χ1) is 9.34. The highest BCUT2D eigenvalue weighted by molar-refractivity contribution is 5.98. The van der Waals surface area contributed by atoms with Gasteiger partial charge in [-0.3, -0.25) is 4.98 Å². The van der Waals surface area contributed by atoms with Gasteiger partial charge in [-0.1, -0.05) is 0 Å². The fourth-order valence-corrected chi connectivity index (χ4v) is 2.09. The number of hydrogen-bond acceptors (Lipinski definition) is 4. The lowest BCUT2D eigenvalue weighted by molar-refractivity contribution is 0.978.